The summed E-state index contributed by atoms with van der Waals surface area (Å²) >= 11 is 0. The van der Waals surface area contributed by atoms with Gasteiger partial charge in [-0.25, -0.2) is 4.98 Å². The summed E-state index contributed by atoms with van der Waals surface area (Å²) in [6.45, 7) is 6.21. The molecule has 0 atom stereocenters. The van der Waals surface area contributed by atoms with Crippen LogP contribution in [0.4, 0.5) is 5.69 Å². The van der Waals surface area contributed by atoms with Crippen molar-refractivity contribution in [2.75, 3.05) is 31.1 Å². The molecule has 27 heavy (non-hydrogen) atoms. The third-order valence-corrected chi connectivity index (χ3v) is 5.05. The van der Waals surface area contributed by atoms with Crippen molar-refractivity contribution in [3.63, 3.8) is 0 Å². The van der Waals surface area contributed by atoms with Crippen LogP contribution in [0.25, 0.3) is 16.7 Å². The molecule has 1 fully saturated rings. The molecule has 0 bridgehead atoms. The number of aromatic nitrogens is 2. The standard InChI is InChI=1S/C21H22N4O2/c1-15(26)21-22-19-8-3-4-9-20(19)25(21)18-7-5-6-17(14-18)24-12-10-23(11-13-24)16(2)27/h3-9,14H,10-13H2,1-2H3. The third-order valence-electron chi connectivity index (χ3n) is 5.05. The molecule has 0 aliphatic carbocycles. The number of ketones is 1. The number of benzene rings is 2. The molecule has 6 nitrogen and oxygen atoms in total. The number of amides is 1. The lowest BCUT2D eigenvalue weighted by Gasteiger charge is -2.35. The fourth-order valence-corrected chi connectivity index (χ4v) is 3.63. The van der Waals surface area contributed by atoms with Crippen molar-refractivity contribution in [2.24, 2.45) is 0 Å². The van der Waals surface area contributed by atoms with Crippen molar-refractivity contribution in [1.29, 1.82) is 0 Å². The van der Waals surface area contributed by atoms with E-state index < -0.39 is 0 Å². The van der Waals surface area contributed by atoms with E-state index in [1.54, 1.807) is 13.8 Å². The molecule has 4 rings (SSSR count). The molecule has 1 aromatic heterocycles. The van der Waals surface area contributed by atoms with E-state index in [1.807, 2.05) is 45.9 Å². The van der Waals surface area contributed by atoms with Crippen molar-refractivity contribution in [3.8, 4) is 5.69 Å². The van der Waals surface area contributed by atoms with Gasteiger partial charge in [-0.1, -0.05) is 18.2 Å². The van der Waals surface area contributed by atoms with Crippen molar-refractivity contribution in [2.45, 2.75) is 13.8 Å². The van der Waals surface area contributed by atoms with E-state index in [4.69, 9.17) is 0 Å². The predicted octanol–water partition coefficient (Wildman–Crippen LogP) is 2.90. The molecule has 1 saturated heterocycles. The summed E-state index contributed by atoms with van der Waals surface area (Å²) < 4.78 is 1.92. The van der Waals surface area contributed by atoms with Crippen LogP contribution in [0.5, 0.6) is 0 Å². The number of carbonyl (C=O) groups excluding carboxylic acids is 2. The minimum Gasteiger partial charge on any atom is -0.368 e. The fourth-order valence-electron chi connectivity index (χ4n) is 3.63. The maximum atomic E-state index is 12.2. The Labute approximate surface area is 158 Å². The van der Waals surface area contributed by atoms with Crippen LogP contribution in [0.15, 0.2) is 48.5 Å². The van der Waals surface area contributed by atoms with Crippen LogP contribution in [0.1, 0.15) is 24.5 Å². The molecule has 0 spiro atoms. The van der Waals surface area contributed by atoms with Crippen LogP contribution >= 0.6 is 0 Å². The average Bonchev–Trinajstić information content (AvgIpc) is 3.08. The molecule has 3 aromatic rings. The maximum Gasteiger partial charge on any atom is 0.219 e. The molecular formula is C21H22N4O2. The topological polar surface area (TPSA) is 58.4 Å². The van der Waals surface area contributed by atoms with Crippen molar-refractivity contribution >= 4 is 28.4 Å². The molecule has 0 saturated carbocycles. The summed E-state index contributed by atoms with van der Waals surface area (Å²) in [6.07, 6.45) is 0. The molecule has 1 aliphatic rings. The number of carbonyl (C=O) groups is 2. The number of Topliss-reactive ketones (excluding diaryl/α,β-unsaturated/α-hetero) is 1. The summed E-state index contributed by atoms with van der Waals surface area (Å²) in [4.78, 5) is 32.4. The van der Waals surface area contributed by atoms with Crippen molar-refractivity contribution < 1.29 is 9.59 Å². The second-order valence-corrected chi connectivity index (χ2v) is 6.83. The quantitative estimate of drug-likeness (QED) is 0.672. The Balaban J connectivity index is 1.72. The highest BCUT2D eigenvalue weighted by molar-refractivity contribution is 5.96. The summed E-state index contributed by atoms with van der Waals surface area (Å²) in [6, 6.07) is 15.9. The van der Waals surface area contributed by atoms with Gasteiger partial charge in [-0.05, 0) is 30.3 Å². The van der Waals surface area contributed by atoms with Crippen molar-refractivity contribution in [3.05, 3.63) is 54.4 Å². The zero-order valence-corrected chi connectivity index (χ0v) is 15.6. The Kier molecular flexibility index (Phi) is 4.39. The van der Waals surface area contributed by atoms with Gasteiger partial charge < -0.3 is 9.80 Å². The Hall–Kier alpha value is -3.15. The van der Waals surface area contributed by atoms with E-state index in [1.165, 1.54) is 0 Å². The largest absolute Gasteiger partial charge is 0.368 e. The average molecular weight is 362 g/mol. The summed E-state index contributed by atoms with van der Waals surface area (Å²) in [5.41, 5.74) is 3.73. The molecule has 0 radical (unpaired) electrons. The van der Waals surface area contributed by atoms with E-state index in [0.717, 1.165) is 48.6 Å². The number of para-hydroxylation sites is 2. The minimum absolute atomic E-state index is 0.0633. The predicted molar refractivity (Wildman–Crippen MR) is 106 cm³/mol. The van der Waals surface area contributed by atoms with Gasteiger partial charge >= 0.3 is 0 Å². The van der Waals surface area contributed by atoms with Crippen LogP contribution in [0, 0.1) is 0 Å². The van der Waals surface area contributed by atoms with Crippen molar-refractivity contribution in [1.82, 2.24) is 14.5 Å². The normalized spacial score (nSPS) is 14.6. The third kappa shape index (κ3) is 3.18. The van der Waals surface area contributed by atoms with Crippen LogP contribution in [-0.2, 0) is 4.79 Å². The highest BCUT2D eigenvalue weighted by atomic mass is 16.2. The molecule has 1 aliphatic heterocycles. The van der Waals surface area contributed by atoms with Gasteiger partial charge in [0.05, 0.1) is 11.0 Å². The number of fused-ring (bicyclic) bond motifs is 1. The van der Waals surface area contributed by atoms with Gasteiger partial charge in [-0.15, -0.1) is 0 Å². The van der Waals surface area contributed by atoms with E-state index in [-0.39, 0.29) is 11.7 Å². The maximum absolute atomic E-state index is 12.2. The second kappa shape index (κ2) is 6.87. The molecular weight excluding hydrogens is 340 g/mol. The van der Waals surface area contributed by atoms with E-state index in [2.05, 4.69) is 22.0 Å². The number of imidazole rings is 1. The highest BCUT2D eigenvalue weighted by Gasteiger charge is 2.20. The lowest BCUT2D eigenvalue weighted by Crippen LogP contribution is -2.48. The molecule has 2 heterocycles. The van der Waals surface area contributed by atoms with E-state index in [9.17, 15) is 9.59 Å². The van der Waals surface area contributed by atoms with E-state index in [0.29, 0.717) is 5.82 Å². The minimum atomic E-state index is -0.0633. The molecule has 1 amide bonds. The second-order valence-electron chi connectivity index (χ2n) is 6.83. The smallest absolute Gasteiger partial charge is 0.219 e. The zero-order valence-electron chi connectivity index (χ0n) is 15.6. The summed E-state index contributed by atoms with van der Waals surface area (Å²) in [5, 5.41) is 0. The highest BCUT2D eigenvalue weighted by Crippen LogP contribution is 2.26. The van der Waals surface area contributed by atoms with Gasteiger partial charge in [0, 0.05) is 51.4 Å². The lowest BCUT2D eigenvalue weighted by molar-refractivity contribution is -0.129. The number of hydrogen-bond acceptors (Lipinski definition) is 4. The Morgan fingerprint density at radius 2 is 1.59 bits per heavy atom. The molecule has 2 aromatic carbocycles. The lowest BCUT2D eigenvalue weighted by atomic mass is 10.2. The Morgan fingerprint density at radius 1 is 0.889 bits per heavy atom. The first-order valence-corrected chi connectivity index (χ1v) is 9.14. The molecule has 138 valence electrons. The fraction of sp³-hybridized carbons (Fsp3) is 0.286. The van der Waals surface area contributed by atoms with Gasteiger partial charge in [0.25, 0.3) is 0 Å². The first-order chi connectivity index (χ1) is 13.0. The van der Waals surface area contributed by atoms with Crippen LogP contribution in [0.2, 0.25) is 0 Å². The van der Waals surface area contributed by atoms with Crippen LogP contribution < -0.4 is 4.90 Å². The number of hydrogen-bond donors (Lipinski definition) is 0. The SMILES string of the molecule is CC(=O)c1nc2ccccc2n1-c1cccc(N2CCN(C(C)=O)CC2)c1. The monoisotopic (exact) mass is 362 g/mol. The van der Waals surface area contributed by atoms with Gasteiger partial charge in [0.1, 0.15) is 0 Å². The number of rotatable bonds is 3. The van der Waals surface area contributed by atoms with Crippen LogP contribution in [0.3, 0.4) is 0 Å². The van der Waals surface area contributed by atoms with Gasteiger partial charge in [0.15, 0.2) is 11.6 Å². The Morgan fingerprint density at radius 3 is 2.30 bits per heavy atom. The summed E-state index contributed by atoms with van der Waals surface area (Å²) in [5.74, 6) is 0.501. The number of anilines is 1. The first kappa shape index (κ1) is 17.3. The van der Waals surface area contributed by atoms with Gasteiger partial charge in [-0.3, -0.25) is 14.2 Å². The summed E-state index contributed by atoms with van der Waals surface area (Å²) in [7, 11) is 0. The molecule has 0 unspecified atom stereocenters. The number of nitrogens with zero attached hydrogens (tertiary/aromatic N) is 4. The number of piperazine rings is 1. The zero-order chi connectivity index (χ0) is 19.0. The van der Waals surface area contributed by atoms with E-state index >= 15 is 0 Å². The van der Waals surface area contributed by atoms with Gasteiger partial charge in [-0.2, -0.15) is 0 Å². The van der Waals surface area contributed by atoms with Crippen LogP contribution in [-0.4, -0.2) is 52.3 Å². The van der Waals surface area contributed by atoms with Gasteiger partial charge in [0.2, 0.25) is 5.91 Å². The Bertz CT molecular complexity index is 1020. The molecule has 0 N–H and O–H groups in total. The molecule has 6 heteroatoms. The first-order valence-electron chi connectivity index (χ1n) is 9.14.